The molecule has 0 bridgehead atoms. The molecule has 0 fully saturated rings. The molecule has 0 spiro atoms. The van der Waals surface area contributed by atoms with Crippen molar-refractivity contribution in [1.29, 1.82) is 0 Å². The number of nitro groups is 1. The van der Waals surface area contributed by atoms with E-state index in [-0.39, 0.29) is 11.8 Å². The highest BCUT2D eigenvalue weighted by Gasteiger charge is 2.18. The average Bonchev–Trinajstić information content (AvgIpc) is 2.99. The predicted octanol–water partition coefficient (Wildman–Crippen LogP) is 3.26. The van der Waals surface area contributed by atoms with Crippen LogP contribution in [-0.4, -0.2) is 45.8 Å². The fraction of sp³-hybridized carbons (Fsp3) is 0.500. The standard InChI is InChI=1S/C14H23N5O4SSi/c1-5-12(24-13(19(21)22)6-7-16-20)14-15-10-18(17-14)11-23-8-9-25(2,3)4/h5-7,10,20H,8-9,11H2,1-4H3/b12-5-,13-6+,16-7+. The first-order chi connectivity index (χ1) is 11.8. The second kappa shape index (κ2) is 10.1. The van der Waals surface area contributed by atoms with Crippen molar-refractivity contribution in [3.8, 4) is 0 Å². The molecule has 0 amide bonds. The lowest BCUT2D eigenvalue weighted by molar-refractivity contribution is -0.410. The summed E-state index contributed by atoms with van der Waals surface area (Å²) in [5, 5.41) is 26.2. The fourth-order valence-electron chi connectivity index (χ4n) is 1.58. The minimum absolute atomic E-state index is 0.200. The molecule has 0 atom stereocenters. The molecule has 0 radical (unpaired) electrons. The quantitative estimate of drug-likeness (QED) is 0.164. The van der Waals surface area contributed by atoms with E-state index in [4.69, 9.17) is 9.94 Å². The van der Waals surface area contributed by atoms with Crippen molar-refractivity contribution in [3.63, 3.8) is 0 Å². The Morgan fingerprint density at radius 2 is 2.28 bits per heavy atom. The SMILES string of the molecule is C/C=C(\S/C(=C/C=N/O)[N+](=O)[O-])c1ncn(COCC[Si](C)(C)C)n1. The van der Waals surface area contributed by atoms with Crippen LogP contribution in [0.15, 0.2) is 28.7 Å². The van der Waals surface area contributed by atoms with Gasteiger partial charge in [0.15, 0.2) is 5.82 Å². The first kappa shape index (κ1) is 21.1. The van der Waals surface area contributed by atoms with Gasteiger partial charge in [0.05, 0.1) is 16.0 Å². The maximum absolute atomic E-state index is 11.0. The molecule has 9 nitrogen and oxygen atoms in total. The minimum atomic E-state index is -1.14. The van der Waals surface area contributed by atoms with Gasteiger partial charge in [0.25, 0.3) is 0 Å². The number of ether oxygens (including phenoxy) is 1. The highest BCUT2D eigenvalue weighted by Crippen LogP contribution is 2.31. The van der Waals surface area contributed by atoms with E-state index in [1.807, 2.05) is 0 Å². The Hall–Kier alpha value is -1.98. The number of hydrogen-bond acceptors (Lipinski definition) is 8. The zero-order valence-corrected chi connectivity index (χ0v) is 16.6. The summed E-state index contributed by atoms with van der Waals surface area (Å²) in [7, 11) is -1.14. The highest BCUT2D eigenvalue weighted by molar-refractivity contribution is 8.11. The molecule has 0 aliphatic heterocycles. The highest BCUT2D eigenvalue weighted by atomic mass is 32.2. The van der Waals surface area contributed by atoms with Crippen LogP contribution >= 0.6 is 11.8 Å². The zero-order valence-electron chi connectivity index (χ0n) is 14.7. The van der Waals surface area contributed by atoms with Crippen molar-refractivity contribution in [2.45, 2.75) is 39.3 Å². The van der Waals surface area contributed by atoms with E-state index in [0.717, 1.165) is 30.1 Å². The van der Waals surface area contributed by atoms with E-state index >= 15 is 0 Å². The van der Waals surface area contributed by atoms with E-state index in [0.29, 0.717) is 17.3 Å². The average molecular weight is 386 g/mol. The summed E-state index contributed by atoms with van der Waals surface area (Å²) >= 11 is 0.883. The van der Waals surface area contributed by atoms with Crippen LogP contribution in [0, 0.1) is 10.1 Å². The number of aromatic nitrogens is 3. The molecule has 11 heteroatoms. The lowest BCUT2D eigenvalue weighted by atomic mass is 10.5. The van der Waals surface area contributed by atoms with E-state index in [1.165, 1.54) is 6.33 Å². The van der Waals surface area contributed by atoms with Crippen LogP contribution in [0.2, 0.25) is 25.7 Å². The molecule has 1 heterocycles. The molecule has 0 aliphatic carbocycles. The van der Waals surface area contributed by atoms with Gasteiger partial charge >= 0.3 is 5.03 Å². The van der Waals surface area contributed by atoms with Crippen LogP contribution in [-0.2, 0) is 11.5 Å². The molecule has 0 saturated heterocycles. The monoisotopic (exact) mass is 385 g/mol. The Morgan fingerprint density at radius 3 is 2.84 bits per heavy atom. The van der Waals surface area contributed by atoms with Crippen LogP contribution in [0.4, 0.5) is 0 Å². The summed E-state index contributed by atoms with van der Waals surface area (Å²) in [6, 6.07) is 1.06. The van der Waals surface area contributed by atoms with Crippen molar-refractivity contribution in [2.75, 3.05) is 6.61 Å². The number of nitrogens with zero attached hydrogens (tertiary/aromatic N) is 5. The van der Waals surface area contributed by atoms with Gasteiger partial charge in [0, 0.05) is 20.8 Å². The van der Waals surface area contributed by atoms with Crippen molar-refractivity contribution in [2.24, 2.45) is 5.16 Å². The van der Waals surface area contributed by atoms with Gasteiger partial charge in [-0.15, -0.1) is 5.10 Å². The van der Waals surface area contributed by atoms with Gasteiger partial charge in [-0.3, -0.25) is 10.1 Å². The van der Waals surface area contributed by atoms with E-state index in [1.54, 1.807) is 17.7 Å². The van der Waals surface area contributed by atoms with E-state index < -0.39 is 13.0 Å². The second-order valence-corrected chi connectivity index (χ2v) is 12.9. The van der Waals surface area contributed by atoms with Crippen molar-refractivity contribution < 1.29 is 14.9 Å². The predicted molar refractivity (Wildman–Crippen MR) is 101 cm³/mol. The summed E-state index contributed by atoms with van der Waals surface area (Å²) in [5.41, 5.74) is 0. The van der Waals surface area contributed by atoms with Gasteiger partial charge in [0.2, 0.25) is 0 Å². The molecule has 1 aromatic rings. The Bertz CT molecular complexity index is 666. The number of oxime groups is 1. The third-order valence-electron chi connectivity index (χ3n) is 2.92. The Kier molecular flexibility index (Phi) is 8.52. The third-order valence-corrected chi connectivity index (χ3v) is 5.75. The third kappa shape index (κ3) is 8.09. The molecule has 1 aromatic heterocycles. The van der Waals surface area contributed by atoms with Crippen LogP contribution < -0.4 is 0 Å². The molecule has 1 rings (SSSR count). The Morgan fingerprint density at radius 1 is 1.56 bits per heavy atom. The maximum atomic E-state index is 11.0. The molecule has 0 unspecified atom stereocenters. The van der Waals surface area contributed by atoms with Crippen molar-refractivity contribution in [1.82, 2.24) is 14.8 Å². The topological polar surface area (TPSA) is 116 Å². The van der Waals surface area contributed by atoms with Gasteiger partial charge in [-0.25, -0.2) is 9.67 Å². The first-order valence-electron chi connectivity index (χ1n) is 7.60. The van der Waals surface area contributed by atoms with Gasteiger partial charge < -0.3 is 9.94 Å². The molecule has 0 aliphatic rings. The summed E-state index contributed by atoms with van der Waals surface area (Å²) in [4.78, 5) is 15.2. The molecule has 138 valence electrons. The van der Waals surface area contributed by atoms with Crippen molar-refractivity contribution >= 4 is 31.0 Å². The summed E-state index contributed by atoms with van der Waals surface area (Å²) < 4.78 is 7.15. The molecule has 1 N–H and O–H groups in total. The Labute approximate surface area is 151 Å². The maximum Gasteiger partial charge on any atom is 0.309 e. The largest absolute Gasteiger partial charge is 0.411 e. The van der Waals surface area contributed by atoms with Crippen LogP contribution in [0.1, 0.15) is 12.7 Å². The minimum Gasteiger partial charge on any atom is -0.411 e. The summed E-state index contributed by atoms with van der Waals surface area (Å²) in [5.74, 6) is 0.370. The van der Waals surface area contributed by atoms with Gasteiger partial charge in [-0.2, -0.15) is 0 Å². The normalized spacial score (nSPS) is 13.6. The van der Waals surface area contributed by atoms with Gasteiger partial charge in [-0.05, 0) is 24.7 Å². The number of thioether (sulfide) groups is 1. The van der Waals surface area contributed by atoms with E-state index in [2.05, 4.69) is 34.9 Å². The summed E-state index contributed by atoms with van der Waals surface area (Å²) in [6.45, 7) is 9.54. The molecule has 0 aromatic carbocycles. The first-order valence-corrected chi connectivity index (χ1v) is 12.1. The molecule has 25 heavy (non-hydrogen) atoms. The fourth-order valence-corrected chi connectivity index (χ4v) is 3.07. The van der Waals surface area contributed by atoms with Gasteiger partial charge in [0.1, 0.15) is 13.1 Å². The molecular weight excluding hydrogens is 362 g/mol. The number of allylic oxidation sites excluding steroid dienone is 2. The summed E-state index contributed by atoms with van der Waals surface area (Å²) in [6.07, 6.45) is 5.25. The Balaban J connectivity index is 2.70. The smallest absolute Gasteiger partial charge is 0.309 e. The van der Waals surface area contributed by atoms with Crippen LogP contribution in [0.25, 0.3) is 4.91 Å². The van der Waals surface area contributed by atoms with Gasteiger partial charge in [-0.1, -0.05) is 30.9 Å². The number of hydrogen-bond donors (Lipinski definition) is 1. The molecule has 0 saturated carbocycles. The van der Waals surface area contributed by atoms with Crippen LogP contribution in [0.5, 0.6) is 0 Å². The lowest BCUT2D eigenvalue weighted by Crippen LogP contribution is -2.22. The van der Waals surface area contributed by atoms with Crippen molar-refractivity contribution in [3.05, 3.63) is 39.4 Å². The van der Waals surface area contributed by atoms with E-state index in [9.17, 15) is 10.1 Å². The zero-order chi connectivity index (χ0) is 18.9. The molecular formula is C14H23N5O4SSi. The lowest BCUT2D eigenvalue weighted by Gasteiger charge is -2.15. The number of rotatable bonds is 10. The second-order valence-electron chi connectivity index (χ2n) is 6.24. The van der Waals surface area contributed by atoms with Crippen LogP contribution in [0.3, 0.4) is 0 Å².